The molecule has 0 N–H and O–H groups in total. The molecule has 1 aromatic carbocycles. The van der Waals surface area contributed by atoms with Crippen molar-refractivity contribution in [3.8, 4) is 0 Å². The van der Waals surface area contributed by atoms with Crippen LogP contribution in [-0.2, 0) is 29.1 Å². The number of carbonyl (C=O) groups excluding carboxylic acids is 2. The molecule has 0 aromatic heterocycles. The second kappa shape index (κ2) is 7.10. The fourth-order valence-electron chi connectivity index (χ4n) is 2.34. The maximum absolute atomic E-state index is 12.4. The zero-order valence-electron chi connectivity index (χ0n) is 13.0. The number of sulfonamides is 1. The van der Waals surface area contributed by atoms with Gasteiger partial charge in [0.05, 0.1) is 4.90 Å². The minimum atomic E-state index is -3.51. The summed E-state index contributed by atoms with van der Waals surface area (Å²) in [5, 5.41) is 0. The van der Waals surface area contributed by atoms with Crippen molar-refractivity contribution in [2.24, 2.45) is 0 Å². The van der Waals surface area contributed by atoms with Crippen LogP contribution in [0.4, 0.5) is 0 Å². The zero-order chi connectivity index (χ0) is 17.0. The number of ether oxygens (including phenoxy) is 2. The lowest BCUT2D eigenvalue weighted by Gasteiger charge is -2.18. The highest BCUT2D eigenvalue weighted by molar-refractivity contribution is 7.89. The molecule has 1 fully saturated rings. The summed E-state index contributed by atoms with van der Waals surface area (Å²) in [6.45, 7) is 3.44. The summed E-state index contributed by atoms with van der Waals surface area (Å²) in [5.74, 6) is -1.21. The first-order chi connectivity index (χ1) is 10.8. The Morgan fingerprint density at radius 1 is 1.00 bits per heavy atom. The van der Waals surface area contributed by atoms with E-state index in [1.165, 1.54) is 42.4 Å². The van der Waals surface area contributed by atoms with Gasteiger partial charge in [-0.05, 0) is 25.0 Å². The number of rotatable bonds is 5. The fourth-order valence-corrected chi connectivity index (χ4v) is 3.85. The van der Waals surface area contributed by atoms with Crippen LogP contribution in [-0.4, -0.2) is 37.8 Å². The summed E-state index contributed by atoms with van der Waals surface area (Å²) in [4.78, 5) is 22.3. The predicted octanol–water partition coefficient (Wildman–Crippen LogP) is 1.60. The maximum atomic E-state index is 12.4. The van der Waals surface area contributed by atoms with E-state index in [1.54, 1.807) is 0 Å². The van der Waals surface area contributed by atoms with Crippen LogP contribution in [0.25, 0.3) is 0 Å². The van der Waals surface area contributed by atoms with Crippen LogP contribution in [0.15, 0.2) is 29.2 Å². The summed E-state index contributed by atoms with van der Waals surface area (Å²) in [6.07, 6.45) is 0.532. The highest BCUT2D eigenvalue weighted by atomic mass is 32.2. The first-order valence-electron chi connectivity index (χ1n) is 7.25. The molecule has 1 aromatic rings. The van der Waals surface area contributed by atoms with Gasteiger partial charge in [-0.1, -0.05) is 12.1 Å². The molecule has 1 aliphatic heterocycles. The molecule has 0 aliphatic carbocycles. The van der Waals surface area contributed by atoms with Gasteiger partial charge in [-0.15, -0.1) is 0 Å². The monoisotopic (exact) mass is 341 g/mol. The normalized spacial score (nSPS) is 15.6. The van der Waals surface area contributed by atoms with E-state index < -0.39 is 28.3 Å². The Hall–Kier alpha value is -1.93. The molecule has 0 unspecified atom stereocenters. The van der Waals surface area contributed by atoms with Crippen LogP contribution < -0.4 is 0 Å². The molecule has 0 atom stereocenters. The van der Waals surface area contributed by atoms with Gasteiger partial charge in [0.1, 0.15) is 0 Å². The molecule has 126 valence electrons. The van der Waals surface area contributed by atoms with E-state index >= 15 is 0 Å². The summed E-state index contributed by atoms with van der Waals surface area (Å²) in [6, 6.07) is 5.78. The molecule has 1 aliphatic rings. The highest BCUT2D eigenvalue weighted by Gasteiger charge is 2.27. The minimum Gasteiger partial charge on any atom is -0.421 e. The smallest absolute Gasteiger partial charge is 0.305 e. The fraction of sp³-hybridized carbons (Fsp3) is 0.467. The average molecular weight is 341 g/mol. The van der Waals surface area contributed by atoms with Gasteiger partial charge in [0.2, 0.25) is 10.0 Å². The molecule has 0 bridgehead atoms. The Bertz CT molecular complexity index is 660. The molecule has 1 heterocycles. The van der Waals surface area contributed by atoms with Crippen molar-refractivity contribution in [3.63, 3.8) is 0 Å². The number of hydrogen-bond acceptors (Lipinski definition) is 6. The van der Waals surface area contributed by atoms with Gasteiger partial charge in [0.25, 0.3) is 6.29 Å². The Morgan fingerprint density at radius 3 is 1.91 bits per heavy atom. The summed E-state index contributed by atoms with van der Waals surface area (Å²) >= 11 is 0. The molecule has 0 saturated carbocycles. The minimum absolute atomic E-state index is 0.160. The first-order valence-corrected chi connectivity index (χ1v) is 8.69. The molecule has 0 radical (unpaired) electrons. The van der Waals surface area contributed by atoms with E-state index in [1.807, 2.05) is 0 Å². The molecule has 23 heavy (non-hydrogen) atoms. The van der Waals surface area contributed by atoms with Crippen molar-refractivity contribution in [3.05, 3.63) is 29.8 Å². The third-order valence-electron chi connectivity index (χ3n) is 3.40. The third kappa shape index (κ3) is 4.29. The number of esters is 2. The summed E-state index contributed by atoms with van der Waals surface area (Å²) in [7, 11) is -3.51. The molecule has 0 amide bonds. The van der Waals surface area contributed by atoms with Gasteiger partial charge in [-0.25, -0.2) is 8.42 Å². The SMILES string of the molecule is CC(=O)OC(OC(C)=O)c1ccc(S(=O)(=O)N2CCCC2)cc1. The number of hydrogen-bond donors (Lipinski definition) is 0. The molecular formula is C15H19NO6S. The zero-order valence-corrected chi connectivity index (χ0v) is 13.8. The van der Waals surface area contributed by atoms with Gasteiger partial charge in [-0.3, -0.25) is 9.59 Å². The van der Waals surface area contributed by atoms with Gasteiger partial charge in [-0.2, -0.15) is 4.31 Å². The standard InChI is InChI=1S/C15H19NO6S/c1-11(17)21-15(22-12(2)18)13-5-7-14(8-6-13)23(19,20)16-9-3-4-10-16/h5-8,15H,3-4,9-10H2,1-2H3. The van der Waals surface area contributed by atoms with Crippen molar-refractivity contribution in [1.29, 1.82) is 0 Å². The van der Waals surface area contributed by atoms with Gasteiger partial charge >= 0.3 is 11.9 Å². The van der Waals surface area contributed by atoms with Crippen LogP contribution in [0.5, 0.6) is 0 Å². The highest BCUT2D eigenvalue weighted by Crippen LogP contribution is 2.24. The Labute approximate surface area is 135 Å². The Balaban J connectivity index is 2.22. The van der Waals surface area contributed by atoms with Crippen molar-refractivity contribution >= 4 is 22.0 Å². The van der Waals surface area contributed by atoms with E-state index in [9.17, 15) is 18.0 Å². The number of benzene rings is 1. The summed E-state index contributed by atoms with van der Waals surface area (Å²) < 4.78 is 36.2. The van der Waals surface area contributed by atoms with E-state index in [0.717, 1.165) is 12.8 Å². The topological polar surface area (TPSA) is 90.0 Å². The molecular weight excluding hydrogens is 322 g/mol. The van der Waals surface area contributed by atoms with Crippen molar-refractivity contribution in [2.75, 3.05) is 13.1 Å². The van der Waals surface area contributed by atoms with E-state index in [0.29, 0.717) is 18.7 Å². The van der Waals surface area contributed by atoms with E-state index in [-0.39, 0.29) is 4.90 Å². The lowest BCUT2D eigenvalue weighted by atomic mass is 10.2. The van der Waals surface area contributed by atoms with Crippen molar-refractivity contribution < 1.29 is 27.5 Å². The Kier molecular flexibility index (Phi) is 5.38. The van der Waals surface area contributed by atoms with Crippen molar-refractivity contribution in [1.82, 2.24) is 4.31 Å². The Morgan fingerprint density at radius 2 is 1.48 bits per heavy atom. The molecule has 0 spiro atoms. The largest absolute Gasteiger partial charge is 0.421 e. The van der Waals surface area contributed by atoms with E-state index in [2.05, 4.69) is 0 Å². The molecule has 2 rings (SSSR count). The van der Waals surface area contributed by atoms with Crippen LogP contribution in [0.2, 0.25) is 0 Å². The van der Waals surface area contributed by atoms with Gasteiger partial charge in [0, 0.05) is 32.5 Å². The third-order valence-corrected chi connectivity index (χ3v) is 5.31. The average Bonchev–Trinajstić information content (AvgIpc) is 3.00. The van der Waals surface area contributed by atoms with Crippen LogP contribution in [0.3, 0.4) is 0 Å². The molecule has 1 saturated heterocycles. The van der Waals surface area contributed by atoms with Crippen LogP contribution in [0, 0.1) is 0 Å². The number of nitrogens with zero attached hydrogens (tertiary/aromatic N) is 1. The van der Waals surface area contributed by atoms with Gasteiger partial charge < -0.3 is 9.47 Å². The van der Waals surface area contributed by atoms with Crippen molar-refractivity contribution in [2.45, 2.75) is 37.9 Å². The maximum Gasteiger partial charge on any atom is 0.305 e. The second-order valence-corrected chi connectivity index (χ2v) is 7.17. The first kappa shape index (κ1) is 17.4. The second-order valence-electron chi connectivity index (χ2n) is 5.23. The summed E-state index contributed by atoms with van der Waals surface area (Å²) in [5.41, 5.74) is 0.385. The van der Waals surface area contributed by atoms with E-state index in [4.69, 9.17) is 9.47 Å². The molecule has 8 heteroatoms. The predicted molar refractivity (Wildman–Crippen MR) is 80.7 cm³/mol. The number of carbonyl (C=O) groups is 2. The van der Waals surface area contributed by atoms with Gasteiger partial charge in [0.15, 0.2) is 0 Å². The lowest BCUT2D eigenvalue weighted by molar-refractivity contribution is -0.186. The van der Waals surface area contributed by atoms with Crippen LogP contribution >= 0.6 is 0 Å². The van der Waals surface area contributed by atoms with Crippen LogP contribution in [0.1, 0.15) is 38.5 Å². The molecule has 7 nitrogen and oxygen atoms in total. The quantitative estimate of drug-likeness (QED) is 0.597. The lowest BCUT2D eigenvalue weighted by Crippen LogP contribution is -2.27.